The second kappa shape index (κ2) is 9.16. The van der Waals surface area contributed by atoms with Crippen molar-refractivity contribution in [3.63, 3.8) is 0 Å². The van der Waals surface area contributed by atoms with Crippen molar-refractivity contribution >= 4 is 11.7 Å². The summed E-state index contributed by atoms with van der Waals surface area (Å²) in [6, 6.07) is 8.67. The number of hydrogen-bond donors (Lipinski definition) is 3. The van der Waals surface area contributed by atoms with E-state index in [9.17, 15) is 10.1 Å². The molecule has 7 heteroatoms. The van der Waals surface area contributed by atoms with Gasteiger partial charge in [0.2, 0.25) is 0 Å². The second-order valence-corrected chi connectivity index (χ2v) is 6.21. The van der Waals surface area contributed by atoms with Gasteiger partial charge >= 0.3 is 6.03 Å². The number of rotatable bonds is 6. The van der Waals surface area contributed by atoms with Gasteiger partial charge in [-0.15, -0.1) is 12.3 Å². The summed E-state index contributed by atoms with van der Waals surface area (Å²) in [6.45, 7) is 3.76. The predicted octanol–water partition coefficient (Wildman–Crippen LogP) is 2.95. The monoisotopic (exact) mass is 375 g/mol. The SMILES string of the molecule is C#CCC(C)NC(=O)Nc1ccc(CC)c(OC2(C#N)C=CC=C(C#N)N2)c1. The summed E-state index contributed by atoms with van der Waals surface area (Å²) in [5.74, 6) is 2.92. The van der Waals surface area contributed by atoms with Gasteiger partial charge in [-0.2, -0.15) is 10.5 Å². The highest BCUT2D eigenvalue weighted by Gasteiger charge is 2.32. The molecule has 0 bridgehead atoms. The molecule has 28 heavy (non-hydrogen) atoms. The number of hydrogen-bond acceptors (Lipinski definition) is 5. The van der Waals surface area contributed by atoms with Crippen LogP contribution in [0.3, 0.4) is 0 Å². The number of nitrogens with one attached hydrogen (secondary N) is 3. The normalized spacial score (nSPS) is 18.3. The largest absolute Gasteiger partial charge is 0.451 e. The predicted molar refractivity (Wildman–Crippen MR) is 106 cm³/mol. The number of anilines is 1. The van der Waals surface area contributed by atoms with Gasteiger partial charge in [-0.1, -0.05) is 19.1 Å². The van der Waals surface area contributed by atoms with Crippen LogP contribution in [0.4, 0.5) is 10.5 Å². The number of benzene rings is 1. The Morgan fingerprint density at radius 2 is 2.21 bits per heavy atom. The molecule has 1 aromatic carbocycles. The van der Waals surface area contributed by atoms with Crippen molar-refractivity contribution in [3.8, 4) is 30.2 Å². The highest BCUT2D eigenvalue weighted by atomic mass is 16.5. The van der Waals surface area contributed by atoms with E-state index in [1.807, 2.05) is 26.0 Å². The molecule has 1 heterocycles. The van der Waals surface area contributed by atoms with Gasteiger partial charge in [-0.25, -0.2) is 4.79 Å². The summed E-state index contributed by atoms with van der Waals surface area (Å²) in [5.41, 5.74) is 0.0654. The average molecular weight is 375 g/mol. The minimum Gasteiger partial charge on any atom is -0.451 e. The number of aryl methyl sites for hydroxylation is 1. The van der Waals surface area contributed by atoms with E-state index in [1.165, 1.54) is 6.08 Å². The molecule has 0 saturated carbocycles. The Balaban J connectivity index is 2.22. The zero-order valence-corrected chi connectivity index (χ0v) is 15.7. The van der Waals surface area contributed by atoms with E-state index in [0.717, 1.165) is 5.56 Å². The molecule has 2 amide bonds. The number of ether oxygens (including phenoxy) is 1. The van der Waals surface area contributed by atoms with Crippen LogP contribution in [-0.4, -0.2) is 17.8 Å². The number of carbonyl (C=O) groups excluding carboxylic acids is 1. The molecule has 1 aliphatic rings. The zero-order valence-electron chi connectivity index (χ0n) is 15.7. The molecule has 2 atom stereocenters. The van der Waals surface area contributed by atoms with Gasteiger partial charge in [0.05, 0.1) is 0 Å². The molecule has 142 valence electrons. The molecule has 3 N–H and O–H groups in total. The summed E-state index contributed by atoms with van der Waals surface area (Å²) in [4.78, 5) is 12.1. The average Bonchev–Trinajstić information content (AvgIpc) is 2.68. The summed E-state index contributed by atoms with van der Waals surface area (Å²) < 4.78 is 5.94. The van der Waals surface area contributed by atoms with Gasteiger partial charge in [0.1, 0.15) is 23.6 Å². The van der Waals surface area contributed by atoms with E-state index >= 15 is 0 Å². The van der Waals surface area contributed by atoms with Crippen molar-refractivity contribution < 1.29 is 9.53 Å². The maximum Gasteiger partial charge on any atom is 0.319 e. The molecule has 7 nitrogen and oxygen atoms in total. The third-order valence-electron chi connectivity index (χ3n) is 3.98. The molecular weight excluding hydrogens is 354 g/mol. The van der Waals surface area contributed by atoms with E-state index in [1.54, 1.807) is 24.3 Å². The smallest absolute Gasteiger partial charge is 0.319 e. The van der Waals surface area contributed by atoms with Gasteiger partial charge < -0.3 is 20.7 Å². The lowest BCUT2D eigenvalue weighted by molar-refractivity contribution is 0.151. The fourth-order valence-corrected chi connectivity index (χ4v) is 2.59. The van der Waals surface area contributed by atoms with Crippen molar-refractivity contribution in [2.24, 2.45) is 0 Å². The summed E-state index contributed by atoms with van der Waals surface area (Å²) in [7, 11) is 0. The lowest BCUT2D eigenvalue weighted by atomic mass is 10.1. The van der Waals surface area contributed by atoms with Crippen LogP contribution in [-0.2, 0) is 6.42 Å². The summed E-state index contributed by atoms with van der Waals surface area (Å²) in [5, 5.41) is 27.0. The molecule has 1 aliphatic heterocycles. The number of nitriles is 2. The Bertz CT molecular complexity index is 930. The van der Waals surface area contributed by atoms with Gasteiger partial charge in [-0.05, 0) is 37.1 Å². The number of urea groups is 1. The van der Waals surface area contributed by atoms with E-state index in [4.69, 9.17) is 16.4 Å². The first kappa shape index (κ1) is 20.4. The van der Waals surface area contributed by atoms with Gasteiger partial charge in [0, 0.05) is 24.2 Å². The maximum absolute atomic E-state index is 12.1. The fourth-order valence-electron chi connectivity index (χ4n) is 2.59. The van der Waals surface area contributed by atoms with E-state index in [0.29, 0.717) is 24.3 Å². The van der Waals surface area contributed by atoms with Crippen LogP contribution in [0.1, 0.15) is 25.8 Å². The lowest BCUT2D eigenvalue weighted by Gasteiger charge is -2.29. The Morgan fingerprint density at radius 1 is 1.43 bits per heavy atom. The Labute approximate surface area is 164 Å². The van der Waals surface area contributed by atoms with Gasteiger partial charge in [0.15, 0.2) is 0 Å². The number of carbonyl (C=O) groups is 1. The number of nitrogens with zero attached hydrogens (tertiary/aromatic N) is 2. The molecule has 1 aromatic rings. The molecule has 0 aromatic heterocycles. The highest BCUT2D eigenvalue weighted by Crippen LogP contribution is 2.28. The van der Waals surface area contributed by atoms with Crippen molar-refractivity contribution in [2.75, 3.05) is 5.32 Å². The molecule has 0 radical (unpaired) electrons. The topological polar surface area (TPSA) is 110 Å². The summed E-state index contributed by atoms with van der Waals surface area (Å²) >= 11 is 0. The quantitative estimate of drug-likeness (QED) is 0.662. The van der Waals surface area contributed by atoms with Gasteiger partial charge in [0.25, 0.3) is 5.72 Å². The second-order valence-electron chi connectivity index (χ2n) is 6.21. The van der Waals surface area contributed by atoms with E-state index in [2.05, 4.69) is 27.9 Å². The Kier molecular flexibility index (Phi) is 6.68. The first-order valence-corrected chi connectivity index (χ1v) is 8.77. The third kappa shape index (κ3) is 5.06. The first-order valence-electron chi connectivity index (χ1n) is 8.77. The highest BCUT2D eigenvalue weighted by molar-refractivity contribution is 5.89. The first-order chi connectivity index (χ1) is 13.4. The number of terminal acetylenes is 1. The maximum atomic E-state index is 12.1. The van der Waals surface area contributed by atoms with Crippen LogP contribution in [0, 0.1) is 35.0 Å². The van der Waals surface area contributed by atoms with Crippen molar-refractivity contribution in [3.05, 3.63) is 47.7 Å². The molecule has 0 saturated heterocycles. The van der Waals surface area contributed by atoms with Gasteiger partial charge in [-0.3, -0.25) is 0 Å². The van der Waals surface area contributed by atoms with Crippen molar-refractivity contribution in [1.29, 1.82) is 10.5 Å². The lowest BCUT2D eigenvalue weighted by Crippen LogP contribution is -2.48. The van der Waals surface area contributed by atoms with Crippen LogP contribution in [0.25, 0.3) is 0 Å². The zero-order chi connectivity index (χ0) is 20.6. The van der Waals surface area contributed by atoms with Crippen molar-refractivity contribution in [1.82, 2.24) is 10.6 Å². The summed E-state index contributed by atoms with van der Waals surface area (Å²) in [6.07, 6.45) is 11.0. The van der Waals surface area contributed by atoms with Crippen LogP contribution in [0.15, 0.2) is 42.1 Å². The van der Waals surface area contributed by atoms with E-state index < -0.39 is 11.8 Å². The van der Waals surface area contributed by atoms with Crippen LogP contribution in [0.5, 0.6) is 5.75 Å². The standard InChI is InChI=1S/C21H21N5O2/c1-4-7-15(3)24-20(27)25-17-10-9-16(5-2)19(12-17)28-21(14-23)11-6-8-18(13-22)26-21/h1,6,8-12,15,26H,5,7H2,2-3H3,(H2,24,25,27). The fraction of sp³-hybridized carbons (Fsp3) is 0.286. The van der Waals surface area contributed by atoms with Crippen LogP contribution in [0.2, 0.25) is 0 Å². The minimum atomic E-state index is -1.51. The molecular formula is C21H21N5O2. The Hall–Kier alpha value is -3.89. The number of amides is 2. The van der Waals surface area contributed by atoms with Crippen LogP contribution >= 0.6 is 0 Å². The molecule has 2 unspecified atom stereocenters. The van der Waals surface area contributed by atoms with Crippen LogP contribution < -0.4 is 20.7 Å². The molecule has 0 fully saturated rings. The Morgan fingerprint density at radius 3 is 2.86 bits per heavy atom. The minimum absolute atomic E-state index is 0.162. The number of allylic oxidation sites excluding steroid dienone is 3. The molecule has 2 rings (SSSR count). The van der Waals surface area contributed by atoms with Crippen molar-refractivity contribution in [2.45, 2.75) is 38.5 Å². The molecule has 0 spiro atoms. The molecule has 0 aliphatic carbocycles. The van der Waals surface area contributed by atoms with E-state index in [-0.39, 0.29) is 11.7 Å². The third-order valence-corrected chi connectivity index (χ3v) is 3.98. The number of dihydropyridines is 1.